The second-order valence-corrected chi connectivity index (χ2v) is 7.03. The second-order valence-electron chi connectivity index (χ2n) is 4.76. The Morgan fingerprint density at radius 3 is 2.70 bits per heavy atom. The van der Waals surface area contributed by atoms with Gasteiger partial charge >= 0.3 is 0 Å². The van der Waals surface area contributed by atoms with E-state index in [0.29, 0.717) is 11.4 Å². The number of nitrogens with zero attached hydrogens (tertiary/aromatic N) is 2. The number of hydrogen-bond donors (Lipinski definition) is 0. The van der Waals surface area contributed by atoms with Crippen molar-refractivity contribution in [1.82, 2.24) is 0 Å². The maximum absolute atomic E-state index is 12.8. The van der Waals surface area contributed by atoms with E-state index >= 15 is 0 Å². The van der Waals surface area contributed by atoms with E-state index in [1.165, 1.54) is 16.4 Å². The second kappa shape index (κ2) is 5.71. The first kappa shape index (κ1) is 15.6. The molecule has 1 heterocycles. The van der Waals surface area contributed by atoms with Crippen LogP contribution in [0, 0.1) is 10.1 Å². The van der Waals surface area contributed by atoms with Crippen LogP contribution in [0.15, 0.2) is 47.4 Å². The van der Waals surface area contributed by atoms with Gasteiger partial charge in [-0.05, 0) is 24.3 Å². The molecule has 0 spiro atoms. The molecule has 0 N–H and O–H groups in total. The fraction of sp³-hybridized carbons (Fsp3) is 0.143. The SMILES string of the molecule is O=[N+]([O-])c1cc(S(=O)(=O)N2CCOc3ccccc32)ccc1Cl. The molecule has 7 nitrogen and oxygen atoms in total. The van der Waals surface area contributed by atoms with Crippen LogP contribution in [0.1, 0.15) is 0 Å². The van der Waals surface area contributed by atoms with Gasteiger partial charge in [0.1, 0.15) is 17.4 Å². The Hall–Kier alpha value is -2.32. The Bertz CT molecular complexity index is 884. The third-order valence-corrected chi connectivity index (χ3v) is 5.52. The van der Waals surface area contributed by atoms with Crippen molar-refractivity contribution < 1.29 is 18.1 Å². The van der Waals surface area contributed by atoms with E-state index in [2.05, 4.69) is 0 Å². The van der Waals surface area contributed by atoms with E-state index in [1.807, 2.05) is 0 Å². The molecule has 0 saturated carbocycles. The van der Waals surface area contributed by atoms with E-state index in [4.69, 9.17) is 16.3 Å². The Kier molecular flexibility index (Phi) is 3.87. The maximum Gasteiger partial charge on any atom is 0.289 e. The number of para-hydroxylation sites is 2. The summed E-state index contributed by atoms with van der Waals surface area (Å²) in [4.78, 5) is 10.1. The highest BCUT2D eigenvalue weighted by atomic mass is 35.5. The van der Waals surface area contributed by atoms with Crippen LogP contribution in [0.3, 0.4) is 0 Å². The average molecular weight is 355 g/mol. The summed E-state index contributed by atoms with van der Waals surface area (Å²) >= 11 is 5.74. The molecule has 0 amide bonds. The van der Waals surface area contributed by atoms with Crippen LogP contribution >= 0.6 is 11.6 Å². The minimum atomic E-state index is -3.96. The number of rotatable bonds is 3. The van der Waals surface area contributed by atoms with Gasteiger partial charge in [0.15, 0.2) is 0 Å². The zero-order chi connectivity index (χ0) is 16.6. The van der Waals surface area contributed by atoms with E-state index < -0.39 is 20.6 Å². The van der Waals surface area contributed by atoms with Crippen molar-refractivity contribution in [3.05, 3.63) is 57.6 Å². The molecule has 1 aliphatic rings. The third-order valence-electron chi connectivity index (χ3n) is 3.39. The lowest BCUT2D eigenvalue weighted by molar-refractivity contribution is -0.384. The van der Waals surface area contributed by atoms with Crippen LogP contribution in [0.25, 0.3) is 0 Å². The number of fused-ring (bicyclic) bond motifs is 1. The van der Waals surface area contributed by atoms with Crippen molar-refractivity contribution in [1.29, 1.82) is 0 Å². The minimum absolute atomic E-state index is 0.115. The lowest BCUT2D eigenvalue weighted by atomic mass is 10.2. The van der Waals surface area contributed by atoms with Crippen LogP contribution in [-0.2, 0) is 10.0 Å². The number of nitro groups is 1. The summed E-state index contributed by atoms with van der Waals surface area (Å²) in [6.45, 7) is 0.321. The summed E-state index contributed by atoms with van der Waals surface area (Å²) in [6.07, 6.45) is 0. The molecule has 2 aromatic carbocycles. The molecule has 120 valence electrons. The van der Waals surface area contributed by atoms with Crippen molar-refractivity contribution >= 4 is 33.0 Å². The van der Waals surface area contributed by atoms with Crippen LogP contribution in [0.4, 0.5) is 11.4 Å². The fourth-order valence-corrected chi connectivity index (χ4v) is 3.98. The number of sulfonamides is 1. The molecular formula is C14H11ClN2O5S. The summed E-state index contributed by atoms with van der Waals surface area (Å²) < 4.78 is 32.3. The van der Waals surface area contributed by atoms with Gasteiger partial charge in [-0.1, -0.05) is 23.7 Å². The first-order valence-corrected chi connectivity index (χ1v) is 8.41. The predicted octanol–water partition coefficient (Wildman–Crippen LogP) is 2.84. The zero-order valence-electron chi connectivity index (χ0n) is 11.7. The smallest absolute Gasteiger partial charge is 0.289 e. The standard InChI is InChI=1S/C14H11ClN2O5S/c15-11-6-5-10(9-13(11)17(18)19)23(20,21)16-7-8-22-14-4-2-1-3-12(14)16/h1-6,9H,7-8H2. The molecule has 0 radical (unpaired) electrons. The third kappa shape index (κ3) is 2.71. The molecule has 0 unspecified atom stereocenters. The Balaban J connectivity index is 2.10. The van der Waals surface area contributed by atoms with Gasteiger partial charge in [0.2, 0.25) is 0 Å². The lowest BCUT2D eigenvalue weighted by Gasteiger charge is -2.30. The highest BCUT2D eigenvalue weighted by Gasteiger charge is 2.31. The molecular weight excluding hydrogens is 344 g/mol. The summed E-state index contributed by atoms with van der Waals surface area (Å²) in [5, 5.41) is 10.9. The van der Waals surface area contributed by atoms with Gasteiger partial charge in [0, 0.05) is 6.07 Å². The molecule has 0 atom stereocenters. The molecule has 0 aromatic heterocycles. The summed E-state index contributed by atoms with van der Waals surface area (Å²) in [6, 6.07) is 10.2. The summed E-state index contributed by atoms with van der Waals surface area (Å²) in [7, 11) is -3.96. The van der Waals surface area contributed by atoms with E-state index in [9.17, 15) is 18.5 Å². The zero-order valence-corrected chi connectivity index (χ0v) is 13.2. The van der Waals surface area contributed by atoms with E-state index in [1.54, 1.807) is 24.3 Å². The fourth-order valence-electron chi connectivity index (χ4n) is 2.31. The number of hydrogen-bond acceptors (Lipinski definition) is 5. The van der Waals surface area contributed by atoms with Gasteiger partial charge in [0.25, 0.3) is 15.7 Å². The monoisotopic (exact) mass is 354 g/mol. The summed E-state index contributed by atoms with van der Waals surface area (Å²) in [5.41, 5.74) is -0.0503. The highest BCUT2D eigenvalue weighted by molar-refractivity contribution is 7.92. The lowest BCUT2D eigenvalue weighted by Crippen LogP contribution is -2.37. The van der Waals surface area contributed by atoms with Crippen LogP contribution in [-0.4, -0.2) is 26.5 Å². The predicted molar refractivity (Wildman–Crippen MR) is 84.6 cm³/mol. The quantitative estimate of drug-likeness (QED) is 0.624. The molecule has 0 aliphatic carbocycles. The molecule has 2 aromatic rings. The topological polar surface area (TPSA) is 89.8 Å². The van der Waals surface area contributed by atoms with Gasteiger partial charge in [-0.25, -0.2) is 8.42 Å². The number of ether oxygens (including phenoxy) is 1. The molecule has 23 heavy (non-hydrogen) atoms. The van der Waals surface area contributed by atoms with Gasteiger partial charge < -0.3 is 4.74 Å². The van der Waals surface area contributed by atoms with Gasteiger partial charge in [-0.15, -0.1) is 0 Å². The number of anilines is 1. The van der Waals surface area contributed by atoms with Crippen molar-refractivity contribution in [2.45, 2.75) is 4.90 Å². The first-order valence-electron chi connectivity index (χ1n) is 6.60. The largest absolute Gasteiger partial charge is 0.489 e. The number of benzene rings is 2. The molecule has 0 fully saturated rings. The molecule has 0 bridgehead atoms. The van der Waals surface area contributed by atoms with Gasteiger partial charge in [-0.3, -0.25) is 14.4 Å². The number of nitro benzene ring substituents is 1. The Labute approximate surface area is 137 Å². The normalized spacial score (nSPS) is 14.0. The van der Waals surface area contributed by atoms with Crippen molar-refractivity contribution in [2.24, 2.45) is 0 Å². The molecule has 3 rings (SSSR count). The average Bonchev–Trinajstić information content (AvgIpc) is 2.54. The van der Waals surface area contributed by atoms with Crippen molar-refractivity contribution in [3.63, 3.8) is 0 Å². The molecule has 0 saturated heterocycles. The van der Waals surface area contributed by atoms with Gasteiger partial charge in [-0.2, -0.15) is 0 Å². The van der Waals surface area contributed by atoms with Crippen molar-refractivity contribution in [3.8, 4) is 5.75 Å². The number of halogens is 1. The van der Waals surface area contributed by atoms with E-state index in [0.717, 1.165) is 6.07 Å². The summed E-state index contributed by atoms with van der Waals surface area (Å²) in [5.74, 6) is 0.450. The van der Waals surface area contributed by atoms with Gasteiger partial charge in [0.05, 0.1) is 22.1 Å². The molecule has 9 heteroatoms. The molecule has 1 aliphatic heterocycles. The Morgan fingerprint density at radius 2 is 1.96 bits per heavy atom. The van der Waals surface area contributed by atoms with Crippen LogP contribution < -0.4 is 9.04 Å². The minimum Gasteiger partial charge on any atom is -0.489 e. The highest BCUT2D eigenvalue weighted by Crippen LogP contribution is 2.36. The maximum atomic E-state index is 12.8. The van der Waals surface area contributed by atoms with E-state index in [-0.39, 0.29) is 23.1 Å². The van der Waals surface area contributed by atoms with Crippen LogP contribution in [0.2, 0.25) is 5.02 Å². The first-order chi connectivity index (χ1) is 10.9. The Morgan fingerprint density at radius 1 is 1.22 bits per heavy atom. The van der Waals surface area contributed by atoms with Crippen molar-refractivity contribution in [2.75, 3.05) is 17.5 Å². The van der Waals surface area contributed by atoms with Crippen LogP contribution in [0.5, 0.6) is 5.75 Å².